The standard InChI is InChI=1S/C31H28ClF2N3O8.C26H20ClF2N3O5.C5H9ClO3/c1-18(2)44-31(41)43-17-42-30(40)27(38)16-37(15-19-7-9-20(10-8-19)23-13-21(32)11-12-25(23)34)35-29(39)28-14-26(36-45-28)22-5-3-4-6-24(22)33;27-17-9-10-21(29)19(11-17)16-7-5-15(6-8-16)13-32(14-23(33)26(35)36)30-25(34)24-12-22(31-37-24)18-3-1-2-4-20(18)28;1-4(2)9-5(7)8-3-6/h3-14,18,27,38H,15-17H2,1-2H3,(H,35,39);1-12,23,33H,13-14H2,(H,30,34)(H,35,36);4H,3H2,1-2H3/t27-;23-;/m11./s1. The summed E-state index contributed by atoms with van der Waals surface area (Å²) < 4.78 is 89.9. The predicted molar refractivity (Wildman–Crippen MR) is 320 cm³/mol. The number of hydrogen-bond acceptors (Lipinski definition) is 19. The molecule has 0 unspecified atom stereocenters. The van der Waals surface area contributed by atoms with E-state index in [2.05, 4.69) is 35.4 Å². The van der Waals surface area contributed by atoms with Crippen LogP contribution in [0.4, 0.5) is 27.2 Å². The van der Waals surface area contributed by atoms with Crippen molar-refractivity contribution in [3.05, 3.63) is 202 Å². The molecule has 0 bridgehead atoms. The number of aliphatic carboxylic acids is 1. The molecule has 0 saturated heterocycles. The summed E-state index contributed by atoms with van der Waals surface area (Å²) in [6.07, 6.45) is -6.01. The van der Waals surface area contributed by atoms with Crippen LogP contribution in [-0.4, -0.2) is 122 Å². The highest BCUT2D eigenvalue weighted by atomic mass is 35.5. The number of aliphatic hydroxyl groups is 2. The number of halogens is 7. The second-order valence-corrected chi connectivity index (χ2v) is 20.7. The number of hydrazine groups is 2. The minimum atomic E-state index is -1.81. The average Bonchev–Trinajstić information content (AvgIpc) is 2.10. The first-order valence-electron chi connectivity index (χ1n) is 27.0. The second-order valence-electron chi connectivity index (χ2n) is 19.6. The highest BCUT2D eigenvalue weighted by molar-refractivity contribution is 6.31. The zero-order chi connectivity index (χ0) is 66.3. The topological polar surface area (TPSA) is 292 Å². The minimum Gasteiger partial charge on any atom is -0.479 e. The molecule has 0 aliphatic carbocycles. The lowest BCUT2D eigenvalue weighted by Crippen LogP contribution is -2.47. The molecule has 5 N–H and O–H groups in total. The van der Waals surface area contributed by atoms with Crippen LogP contribution in [0.15, 0.2) is 155 Å². The largest absolute Gasteiger partial charge is 0.511 e. The van der Waals surface area contributed by atoms with Gasteiger partial charge < -0.3 is 48.1 Å². The quantitative estimate of drug-likeness (QED) is 0.00993. The van der Waals surface area contributed by atoms with Crippen LogP contribution in [0, 0.1) is 23.3 Å². The summed E-state index contributed by atoms with van der Waals surface area (Å²) in [5.74, 6) is -6.79. The Balaban J connectivity index is 0.000000258. The fraction of sp³-hybridized carbons (Fsp3) is 0.226. The first-order chi connectivity index (χ1) is 43.4. The predicted octanol–water partition coefficient (Wildman–Crippen LogP) is 11.8. The summed E-state index contributed by atoms with van der Waals surface area (Å²) in [4.78, 5) is 71.2. The number of ether oxygens (including phenoxy) is 5. The maximum atomic E-state index is 14.4. The zero-order valence-electron chi connectivity index (χ0n) is 48.5. The van der Waals surface area contributed by atoms with Gasteiger partial charge in [0.15, 0.2) is 18.3 Å². The monoisotopic (exact) mass is 1320 g/mol. The molecule has 22 nitrogen and oxygen atoms in total. The number of alkyl halides is 1. The van der Waals surface area contributed by atoms with Gasteiger partial charge >= 0.3 is 36.1 Å². The molecule has 2 atom stereocenters. The van der Waals surface area contributed by atoms with Gasteiger partial charge in [0.05, 0.1) is 25.3 Å². The van der Waals surface area contributed by atoms with E-state index in [1.54, 1.807) is 88.4 Å². The van der Waals surface area contributed by atoms with Gasteiger partial charge in [0.1, 0.15) is 34.7 Å². The summed E-state index contributed by atoms with van der Waals surface area (Å²) >= 11 is 17.0. The fourth-order valence-corrected chi connectivity index (χ4v) is 8.24. The van der Waals surface area contributed by atoms with Crippen molar-refractivity contribution in [2.75, 3.05) is 25.9 Å². The van der Waals surface area contributed by atoms with Crippen molar-refractivity contribution in [2.24, 2.45) is 0 Å². The molecule has 2 amide bonds. The molecular formula is C62H57Cl3F4N6O16. The molecule has 0 radical (unpaired) electrons. The smallest absolute Gasteiger partial charge is 0.479 e. The molecule has 0 aliphatic heterocycles. The van der Waals surface area contributed by atoms with E-state index in [0.29, 0.717) is 37.9 Å². The third kappa shape index (κ3) is 22.2. The lowest BCUT2D eigenvalue weighted by molar-refractivity contribution is -0.164. The molecular weight excluding hydrogens is 1270 g/mol. The molecule has 91 heavy (non-hydrogen) atoms. The van der Waals surface area contributed by atoms with Crippen LogP contribution in [0.25, 0.3) is 44.8 Å². The van der Waals surface area contributed by atoms with E-state index in [1.165, 1.54) is 94.9 Å². The molecule has 0 saturated carbocycles. The van der Waals surface area contributed by atoms with E-state index in [-0.39, 0.29) is 64.9 Å². The van der Waals surface area contributed by atoms with E-state index in [9.17, 15) is 56.5 Å². The molecule has 2 aromatic heterocycles. The van der Waals surface area contributed by atoms with E-state index >= 15 is 0 Å². The maximum Gasteiger partial charge on any atom is 0.511 e. The van der Waals surface area contributed by atoms with Crippen LogP contribution in [0.1, 0.15) is 59.9 Å². The van der Waals surface area contributed by atoms with Gasteiger partial charge in [-0.15, -0.1) is 0 Å². The molecule has 0 aliphatic rings. The van der Waals surface area contributed by atoms with Crippen LogP contribution in [0.5, 0.6) is 0 Å². The highest BCUT2D eigenvalue weighted by Gasteiger charge is 2.27. The number of carbonyl (C=O) groups is 6. The van der Waals surface area contributed by atoms with Crippen LogP contribution < -0.4 is 10.9 Å². The van der Waals surface area contributed by atoms with Crippen LogP contribution in [-0.2, 0) is 46.4 Å². The molecule has 29 heteroatoms. The normalized spacial score (nSPS) is 11.6. The van der Waals surface area contributed by atoms with Gasteiger partial charge in [0, 0.05) is 57.5 Å². The second kappa shape index (κ2) is 34.5. The summed E-state index contributed by atoms with van der Waals surface area (Å²) in [6, 6.07) is 35.5. The number of carboxylic acid groups (broad SMARTS) is 1. The summed E-state index contributed by atoms with van der Waals surface area (Å²) in [5, 5.41) is 40.1. The summed E-state index contributed by atoms with van der Waals surface area (Å²) in [5.41, 5.74) is 8.33. The van der Waals surface area contributed by atoms with Crippen molar-refractivity contribution in [3.63, 3.8) is 0 Å². The van der Waals surface area contributed by atoms with E-state index in [4.69, 9.17) is 58.4 Å². The lowest BCUT2D eigenvalue weighted by atomic mass is 10.0. The Labute approximate surface area is 531 Å². The van der Waals surface area contributed by atoms with Gasteiger partial charge in [-0.3, -0.25) is 20.4 Å². The first kappa shape index (κ1) is 70.7. The van der Waals surface area contributed by atoms with Gasteiger partial charge in [-0.25, -0.2) is 46.8 Å². The molecule has 2 heterocycles. The van der Waals surface area contributed by atoms with Crippen molar-refractivity contribution in [3.8, 4) is 44.8 Å². The SMILES string of the molecule is CC(C)OC(=O)OCCl.CC(C)OC(=O)OCOC(=O)[C@H](O)CN(Cc1ccc(-c2cc(Cl)ccc2F)cc1)NC(=O)c1cc(-c2ccccc2F)no1.O=C(NN(Cc1ccc(-c2cc(Cl)ccc2F)cc1)C[C@@H](O)C(=O)O)c1cc(-c2ccccc2F)no1. The Morgan fingerprint density at radius 2 is 0.923 bits per heavy atom. The van der Waals surface area contributed by atoms with Crippen molar-refractivity contribution in [1.82, 2.24) is 31.2 Å². The highest BCUT2D eigenvalue weighted by Crippen LogP contribution is 2.29. The molecule has 0 fully saturated rings. The number of hydrogen-bond donors (Lipinski definition) is 5. The van der Waals surface area contributed by atoms with Gasteiger partial charge in [-0.2, -0.15) is 0 Å². The number of aliphatic hydroxyl groups excluding tert-OH is 2. The van der Waals surface area contributed by atoms with Gasteiger partial charge in [-0.05, 0) is 111 Å². The number of nitrogens with zero attached hydrogens (tertiary/aromatic N) is 4. The van der Waals surface area contributed by atoms with Crippen LogP contribution >= 0.6 is 34.8 Å². The Bertz CT molecular complexity index is 3770. The number of benzene rings is 6. The van der Waals surface area contributed by atoms with Crippen molar-refractivity contribution < 1.29 is 94.4 Å². The summed E-state index contributed by atoms with van der Waals surface area (Å²) in [7, 11) is 0. The Morgan fingerprint density at radius 1 is 0.527 bits per heavy atom. The Kier molecular flexibility index (Phi) is 26.8. The van der Waals surface area contributed by atoms with E-state index in [1.807, 2.05) is 0 Å². The molecule has 480 valence electrons. The number of rotatable bonds is 23. The van der Waals surface area contributed by atoms with Crippen molar-refractivity contribution in [2.45, 2.75) is 65.2 Å². The molecule has 8 rings (SSSR count). The molecule has 6 aromatic carbocycles. The van der Waals surface area contributed by atoms with Crippen LogP contribution in [0.2, 0.25) is 10.0 Å². The number of nitrogens with one attached hydrogen (secondary N) is 2. The van der Waals surface area contributed by atoms with Gasteiger partial charge in [-0.1, -0.05) is 118 Å². The number of carbonyl (C=O) groups excluding carboxylic acids is 5. The number of aromatic nitrogens is 2. The van der Waals surface area contributed by atoms with Crippen LogP contribution in [0.3, 0.4) is 0 Å². The third-order valence-electron chi connectivity index (χ3n) is 12.0. The summed E-state index contributed by atoms with van der Waals surface area (Å²) in [6.45, 7) is 4.84. The zero-order valence-corrected chi connectivity index (χ0v) is 50.8. The minimum absolute atomic E-state index is 0.0112. The number of esters is 1. The number of amides is 2. The molecule has 0 spiro atoms. The van der Waals surface area contributed by atoms with Crippen molar-refractivity contribution >= 4 is 70.9 Å². The van der Waals surface area contributed by atoms with Gasteiger partial charge in [0.25, 0.3) is 0 Å². The first-order valence-corrected chi connectivity index (χ1v) is 28.3. The third-order valence-corrected chi connectivity index (χ3v) is 12.6. The average molecular weight is 1320 g/mol. The lowest BCUT2D eigenvalue weighted by Gasteiger charge is -2.24. The maximum absolute atomic E-state index is 14.4. The van der Waals surface area contributed by atoms with E-state index < -0.39 is 97.5 Å². The Hall–Kier alpha value is -9.41. The molecule has 8 aromatic rings. The Morgan fingerprint density at radius 3 is 1.32 bits per heavy atom. The fourth-order valence-electron chi connectivity index (χ4n) is 7.81. The number of carboxylic acids is 1. The van der Waals surface area contributed by atoms with Gasteiger partial charge in [0.2, 0.25) is 18.3 Å². The van der Waals surface area contributed by atoms with Crippen molar-refractivity contribution in [1.29, 1.82) is 0 Å². The van der Waals surface area contributed by atoms with E-state index in [0.717, 1.165) is 0 Å².